The number of hydrogen-bond acceptors (Lipinski definition) is 5. The highest BCUT2D eigenvalue weighted by molar-refractivity contribution is 9.10. The van der Waals surface area contributed by atoms with Crippen LogP contribution < -0.4 is 10.2 Å². The van der Waals surface area contributed by atoms with Gasteiger partial charge in [0.05, 0.1) is 28.3 Å². The zero-order valence-corrected chi connectivity index (χ0v) is 19.0. The quantitative estimate of drug-likeness (QED) is 0.336. The van der Waals surface area contributed by atoms with Crippen LogP contribution in [-0.4, -0.2) is 34.2 Å². The first-order valence-electron chi connectivity index (χ1n) is 9.90. The summed E-state index contributed by atoms with van der Waals surface area (Å²) >= 11 is 2.96. The second kappa shape index (κ2) is 7.89. The van der Waals surface area contributed by atoms with Crippen LogP contribution in [0.25, 0.3) is 11.0 Å². The molecule has 0 spiro atoms. The van der Waals surface area contributed by atoms with Gasteiger partial charge in [-0.2, -0.15) is 0 Å². The Kier molecular flexibility index (Phi) is 5.10. The molecule has 4 aromatic rings. The minimum absolute atomic E-state index is 0.103. The molecule has 5 rings (SSSR count). The molecule has 8 nitrogen and oxygen atoms in total. The average Bonchev–Trinajstić information content (AvgIpc) is 3.32. The van der Waals surface area contributed by atoms with E-state index in [1.54, 1.807) is 24.3 Å². The molecule has 1 aliphatic rings. The Hall–Kier alpha value is -3.83. The summed E-state index contributed by atoms with van der Waals surface area (Å²) in [6, 6.07) is 12.7. The molecular formula is C23H15BrF2N4O4. The molecule has 1 atom stereocenters. The van der Waals surface area contributed by atoms with Crippen LogP contribution >= 0.6 is 15.9 Å². The summed E-state index contributed by atoms with van der Waals surface area (Å²) in [5, 5.41) is 14.4. The maximum Gasteiger partial charge on any atom is 0.413 e. The summed E-state index contributed by atoms with van der Waals surface area (Å²) in [7, 11) is 1.21. The summed E-state index contributed by atoms with van der Waals surface area (Å²) < 4.78 is 33.7. The lowest BCUT2D eigenvalue weighted by Crippen LogP contribution is -2.45. The van der Waals surface area contributed by atoms with Gasteiger partial charge in [0.2, 0.25) is 5.95 Å². The number of carbonyl (C=O) groups excluding carboxylic acids is 2. The van der Waals surface area contributed by atoms with Crippen LogP contribution in [-0.2, 0) is 10.5 Å². The monoisotopic (exact) mass is 528 g/mol. The largest absolute Gasteiger partial charge is 0.453 e. The number of rotatable bonds is 3. The first kappa shape index (κ1) is 22.0. The van der Waals surface area contributed by atoms with Gasteiger partial charge in [0, 0.05) is 22.8 Å². The number of aromatic amines is 1. The Morgan fingerprint density at radius 1 is 1.21 bits per heavy atom. The van der Waals surface area contributed by atoms with Crippen LogP contribution in [0.2, 0.25) is 0 Å². The summed E-state index contributed by atoms with van der Waals surface area (Å²) in [5.41, 5.74) is -1.22. The summed E-state index contributed by atoms with van der Waals surface area (Å²) in [6.07, 6.45) is -0.730. The van der Waals surface area contributed by atoms with E-state index in [1.165, 1.54) is 25.3 Å². The average molecular weight is 529 g/mol. The fourth-order valence-corrected chi connectivity index (χ4v) is 4.49. The Morgan fingerprint density at radius 3 is 2.74 bits per heavy atom. The third kappa shape index (κ3) is 3.24. The van der Waals surface area contributed by atoms with Gasteiger partial charge in [0.15, 0.2) is 11.5 Å². The molecule has 2 amide bonds. The van der Waals surface area contributed by atoms with Crippen LogP contribution in [0.4, 0.5) is 25.2 Å². The van der Waals surface area contributed by atoms with E-state index < -0.39 is 35.0 Å². The summed E-state index contributed by atoms with van der Waals surface area (Å²) in [5.74, 6) is -2.30. The van der Waals surface area contributed by atoms with Gasteiger partial charge in [-0.15, -0.1) is 0 Å². The number of fused-ring (bicyclic) bond motifs is 2. The van der Waals surface area contributed by atoms with E-state index in [4.69, 9.17) is 0 Å². The van der Waals surface area contributed by atoms with Crippen molar-refractivity contribution < 1.29 is 28.2 Å². The molecule has 1 aromatic heterocycles. The number of nitrogens with one attached hydrogen (secondary N) is 2. The summed E-state index contributed by atoms with van der Waals surface area (Å²) in [4.78, 5) is 32.8. The van der Waals surface area contributed by atoms with Gasteiger partial charge in [-0.25, -0.2) is 18.6 Å². The normalized spacial score (nSPS) is 17.2. The number of aliphatic hydroxyl groups is 1. The predicted octanol–water partition coefficient (Wildman–Crippen LogP) is 4.64. The SMILES string of the molecule is COC(=O)Nc1nc2ccc(C3(O)c4ccccc4C(=O)N3c3cc(F)cc(Br)c3F)cc2[nH]1. The molecular weight excluding hydrogens is 514 g/mol. The number of H-pyrrole nitrogens is 1. The summed E-state index contributed by atoms with van der Waals surface area (Å²) in [6.45, 7) is 0. The number of amides is 2. The first-order chi connectivity index (χ1) is 16.2. The van der Waals surface area contributed by atoms with Crippen LogP contribution in [0.1, 0.15) is 21.5 Å². The van der Waals surface area contributed by atoms with Gasteiger partial charge in [0.25, 0.3) is 5.91 Å². The van der Waals surface area contributed by atoms with E-state index in [9.17, 15) is 19.1 Å². The third-order valence-corrected chi connectivity index (χ3v) is 6.14. The Balaban J connectivity index is 1.72. The van der Waals surface area contributed by atoms with Crippen molar-refractivity contribution >= 4 is 50.6 Å². The van der Waals surface area contributed by atoms with E-state index >= 15 is 4.39 Å². The van der Waals surface area contributed by atoms with Gasteiger partial charge in [-0.05, 0) is 40.2 Å². The first-order valence-corrected chi connectivity index (χ1v) is 10.7. The van der Waals surface area contributed by atoms with Gasteiger partial charge < -0.3 is 14.8 Å². The van der Waals surface area contributed by atoms with Gasteiger partial charge in [-0.3, -0.25) is 15.0 Å². The molecule has 1 aliphatic heterocycles. The molecule has 11 heteroatoms. The Labute approximate surface area is 199 Å². The van der Waals surface area contributed by atoms with E-state index in [1.807, 2.05) is 0 Å². The maximum atomic E-state index is 15.1. The zero-order chi connectivity index (χ0) is 24.2. The van der Waals surface area contributed by atoms with Gasteiger partial charge in [-0.1, -0.05) is 24.3 Å². The van der Waals surface area contributed by atoms with Crippen LogP contribution in [0.3, 0.4) is 0 Å². The zero-order valence-electron chi connectivity index (χ0n) is 17.4. The molecule has 0 radical (unpaired) electrons. The molecule has 3 N–H and O–H groups in total. The number of halogens is 3. The Bertz CT molecular complexity index is 1490. The molecule has 0 bridgehead atoms. The third-order valence-electron chi connectivity index (χ3n) is 5.56. The van der Waals surface area contributed by atoms with Crippen molar-refractivity contribution in [1.29, 1.82) is 0 Å². The number of hydrogen-bond donors (Lipinski definition) is 3. The highest BCUT2D eigenvalue weighted by atomic mass is 79.9. The number of carbonyl (C=O) groups is 2. The van der Waals surface area contributed by atoms with Crippen molar-refractivity contribution in [1.82, 2.24) is 9.97 Å². The highest BCUT2D eigenvalue weighted by Crippen LogP contribution is 2.46. The lowest BCUT2D eigenvalue weighted by atomic mass is 9.93. The standard InChI is InChI=1S/C23H15BrF2N4O4/c1-34-22(32)29-21-27-16-7-6-11(8-17(16)28-21)23(33)14-5-3-2-4-13(14)20(31)30(23)18-10-12(25)9-15(24)19(18)26/h2-10,33H,1H3,(H2,27,28,29,32). The topological polar surface area (TPSA) is 108 Å². The predicted molar refractivity (Wildman–Crippen MR) is 122 cm³/mol. The van der Waals surface area contributed by atoms with Crippen molar-refractivity contribution in [3.8, 4) is 0 Å². The van der Waals surface area contributed by atoms with Crippen molar-refractivity contribution in [2.75, 3.05) is 17.3 Å². The number of benzene rings is 3. The van der Waals surface area contributed by atoms with E-state index in [2.05, 4.69) is 36.0 Å². The minimum Gasteiger partial charge on any atom is -0.453 e. The maximum absolute atomic E-state index is 15.1. The van der Waals surface area contributed by atoms with Crippen molar-refractivity contribution in [3.63, 3.8) is 0 Å². The molecule has 2 heterocycles. The fourth-order valence-electron chi connectivity index (χ4n) is 4.07. The molecule has 0 aliphatic carbocycles. The lowest BCUT2D eigenvalue weighted by Gasteiger charge is -2.35. The molecule has 34 heavy (non-hydrogen) atoms. The van der Waals surface area contributed by atoms with Crippen LogP contribution in [0.15, 0.2) is 59.1 Å². The van der Waals surface area contributed by atoms with Crippen molar-refractivity contribution in [3.05, 3.63) is 87.4 Å². The van der Waals surface area contributed by atoms with Crippen molar-refractivity contribution in [2.45, 2.75) is 5.72 Å². The number of aromatic nitrogens is 2. The molecule has 0 fully saturated rings. The number of ether oxygens (including phenoxy) is 1. The number of nitrogens with zero attached hydrogens (tertiary/aromatic N) is 2. The minimum atomic E-state index is -2.17. The van der Waals surface area contributed by atoms with Gasteiger partial charge in [0.1, 0.15) is 5.82 Å². The number of anilines is 2. The molecule has 172 valence electrons. The second-order valence-corrected chi connectivity index (χ2v) is 8.37. The van der Waals surface area contributed by atoms with Gasteiger partial charge >= 0.3 is 6.09 Å². The van der Waals surface area contributed by atoms with E-state index in [-0.39, 0.29) is 27.1 Å². The Morgan fingerprint density at radius 2 is 1.97 bits per heavy atom. The van der Waals surface area contributed by atoms with E-state index in [0.29, 0.717) is 11.0 Å². The number of imidazole rings is 1. The lowest BCUT2D eigenvalue weighted by molar-refractivity contribution is 0.0698. The fraction of sp³-hybridized carbons (Fsp3) is 0.0870. The molecule has 0 saturated heterocycles. The van der Waals surface area contributed by atoms with E-state index in [0.717, 1.165) is 17.0 Å². The highest BCUT2D eigenvalue weighted by Gasteiger charge is 2.51. The molecule has 0 saturated carbocycles. The van der Waals surface area contributed by atoms with Crippen LogP contribution in [0, 0.1) is 11.6 Å². The van der Waals surface area contributed by atoms with Crippen LogP contribution in [0.5, 0.6) is 0 Å². The molecule has 3 aromatic carbocycles. The number of methoxy groups -OCH3 is 1. The second-order valence-electron chi connectivity index (χ2n) is 7.51. The van der Waals surface area contributed by atoms with Crippen molar-refractivity contribution in [2.24, 2.45) is 0 Å². The molecule has 1 unspecified atom stereocenters. The smallest absolute Gasteiger partial charge is 0.413 e.